The normalized spacial score (nSPS) is 11.8. The van der Waals surface area contributed by atoms with Crippen molar-refractivity contribution in [2.75, 3.05) is 12.8 Å². The number of ether oxygens (including phenoxy) is 1. The molecule has 0 aliphatic carbocycles. The zero-order valence-electron chi connectivity index (χ0n) is 10.5. The SMILES string of the molecule is CN(Cc1ccc(OC(F)F)cc1)S(=O)(=O)CC(=O)O. The number of carbonyl (C=O) groups is 1. The van der Waals surface area contributed by atoms with Gasteiger partial charge in [0.1, 0.15) is 5.75 Å². The molecule has 0 saturated carbocycles. The van der Waals surface area contributed by atoms with E-state index in [1.165, 1.54) is 31.3 Å². The molecular weight excluding hydrogens is 296 g/mol. The van der Waals surface area contributed by atoms with Gasteiger partial charge in [-0.15, -0.1) is 0 Å². The summed E-state index contributed by atoms with van der Waals surface area (Å²) in [7, 11) is -2.67. The minimum absolute atomic E-state index is 0.0419. The van der Waals surface area contributed by atoms with E-state index in [2.05, 4.69) is 4.74 Å². The Morgan fingerprint density at radius 3 is 2.35 bits per heavy atom. The Labute approximate surface area is 114 Å². The van der Waals surface area contributed by atoms with Crippen molar-refractivity contribution in [1.29, 1.82) is 0 Å². The zero-order valence-corrected chi connectivity index (χ0v) is 11.3. The number of carboxylic acids is 1. The molecule has 0 unspecified atom stereocenters. The first-order chi connectivity index (χ1) is 9.20. The van der Waals surface area contributed by atoms with Crippen molar-refractivity contribution >= 4 is 16.0 Å². The lowest BCUT2D eigenvalue weighted by atomic mass is 10.2. The third-order valence-corrected chi connectivity index (χ3v) is 4.03. The second-order valence-corrected chi connectivity index (χ2v) is 6.00. The molecule has 1 rings (SSSR count). The predicted molar refractivity (Wildman–Crippen MR) is 66.0 cm³/mol. The van der Waals surface area contributed by atoms with Gasteiger partial charge in [-0.1, -0.05) is 12.1 Å². The monoisotopic (exact) mass is 309 g/mol. The topological polar surface area (TPSA) is 83.9 Å². The second kappa shape index (κ2) is 6.62. The Morgan fingerprint density at radius 1 is 1.35 bits per heavy atom. The molecule has 0 bridgehead atoms. The quantitative estimate of drug-likeness (QED) is 0.816. The van der Waals surface area contributed by atoms with Gasteiger partial charge in [0.05, 0.1) is 0 Å². The van der Waals surface area contributed by atoms with Crippen molar-refractivity contribution in [3.63, 3.8) is 0 Å². The highest BCUT2D eigenvalue weighted by Gasteiger charge is 2.21. The number of alkyl halides is 2. The maximum Gasteiger partial charge on any atom is 0.387 e. The van der Waals surface area contributed by atoms with Crippen LogP contribution in [0.15, 0.2) is 24.3 Å². The van der Waals surface area contributed by atoms with E-state index in [4.69, 9.17) is 5.11 Å². The number of benzene rings is 1. The zero-order chi connectivity index (χ0) is 15.3. The Morgan fingerprint density at radius 2 is 1.90 bits per heavy atom. The Bertz CT molecular complexity index is 559. The number of halogens is 2. The van der Waals surface area contributed by atoms with Gasteiger partial charge >= 0.3 is 12.6 Å². The van der Waals surface area contributed by atoms with Crippen molar-refractivity contribution in [3.8, 4) is 5.75 Å². The van der Waals surface area contributed by atoms with Gasteiger partial charge in [0.2, 0.25) is 10.0 Å². The Hall–Kier alpha value is -1.74. The molecule has 0 heterocycles. The fourth-order valence-electron chi connectivity index (χ4n) is 1.40. The van der Waals surface area contributed by atoms with Gasteiger partial charge < -0.3 is 9.84 Å². The van der Waals surface area contributed by atoms with Crippen LogP contribution in [0.25, 0.3) is 0 Å². The molecule has 0 fully saturated rings. The van der Waals surface area contributed by atoms with Gasteiger partial charge in [0, 0.05) is 13.6 Å². The summed E-state index contributed by atoms with van der Waals surface area (Å²) < 4.78 is 52.1. The largest absolute Gasteiger partial charge is 0.480 e. The highest BCUT2D eigenvalue weighted by molar-refractivity contribution is 7.89. The summed E-state index contributed by atoms with van der Waals surface area (Å²) in [5.74, 6) is -2.49. The summed E-state index contributed by atoms with van der Waals surface area (Å²) in [5.41, 5.74) is 0.517. The van der Waals surface area contributed by atoms with Crippen LogP contribution >= 0.6 is 0 Å². The maximum atomic E-state index is 11.9. The van der Waals surface area contributed by atoms with Gasteiger partial charge in [-0.3, -0.25) is 4.79 Å². The van der Waals surface area contributed by atoms with E-state index < -0.39 is 28.4 Å². The number of hydrogen-bond donors (Lipinski definition) is 1. The lowest BCUT2D eigenvalue weighted by Crippen LogP contribution is -2.31. The van der Waals surface area contributed by atoms with Crippen molar-refractivity contribution < 1.29 is 31.8 Å². The number of carboxylic acid groups (broad SMARTS) is 1. The number of nitrogens with zero attached hydrogens (tertiary/aromatic N) is 1. The molecule has 0 atom stereocenters. The summed E-state index contributed by atoms with van der Waals surface area (Å²) >= 11 is 0. The second-order valence-electron chi connectivity index (χ2n) is 3.93. The maximum absolute atomic E-state index is 11.9. The van der Waals surface area contributed by atoms with Crippen LogP contribution in [0.5, 0.6) is 5.75 Å². The van der Waals surface area contributed by atoms with Crippen LogP contribution in [0.4, 0.5) is 8.78 Å². The number of rotatable bonds is 7. The van der Waals surface area contributed by atoms with E-state index in [1.54, 1.807) is 0 Å². The molecule has 1 N–H and O–H groups in total. The summed E-state index contributed by atoms with van der Waals surface area (Å²) in [6.45, 7) is -3.00. The van der Waals surface area contributed by atoms with Crippen LogP contribution < -0.4 is 4.74 Å². The van der Waals surface area contributed by atoms with Gasteiger partial charge in [0.25, 0.3) is 0 Å². The molecular formula is C11H13F2NO5S. The standard InChI is InChI=1S/C11H13F2NO5S/c1-14(20(17,18)7-10(15)16)6-8-2-4-9(5-3-8)19-11(12)13/h2-5,11H,6-7H2,1H3,(H,15,16). The molecule has 0 radical (unpaired) electrons. The third-order valence-electron chi connectivity index (χ3n) is 2.33. The number of sulfonamides is 1. The fraction of sp³-hybridized carbons (Fsp3) is 0.364. The lowest BCUT2D eigenvalue weighted by molar-refractivity contribution is -0.134. The minimum atomic E-state index is -3.90. The van der Waals surface area contributed by atoms with E-state index in [9.17, 15) is 22.0 Å². The summed E-state index contributed by atoms with van der Waals surface area (Å²) in [6, 6.07) is 5.40. The Balaban J connectivity index is 2.71. The smallest absolute Gasteiger partial charge is 0.387 e. The highest BCUT2D eigenvalue weighted by atomic mass is 32.2. The van der Waals surface area contributed by atoms with Crippen molar-refractivity contribution in [2.45, 2.75) is 13.2 Å². The van der Waals surface area contributed by atoms with Crippen LogP contribution in [-0.4, -0.2) is 43.2 Å². The average molecular weight is 309 g/mol. The van der Waals surface area contributed by atoms with Crippen LogP contribution in [0.2, 0.25) is 0 Å². The molecule has 20 heavy (non-hydrogen) atoms. The van der Waals surface area contributed by atoms with Gasteiger partial charge in [0.15, 0.2) is 5.75 Å². The molecule has 0 amide bonds. The van der Waals surface area contributed by atoms with E-state index in [0.29, 0.717) is 5.56 Å². The molecule has 0 spiro atoms. The van der Waals surface area contributed by atoms with E-state index >= 15 is 0 Å². The molecule has 0 saturated heterocycles. The number of aliphatic carboxylic acids is 1. The van der Waals surface area contributed by atoms with Crippen LogP contribution in [0.1, 0.15) is 5.56 Å². The molecule has 6 nitrogen and oxygen atoms in total. The first-order valence-electron chi connectivity index (χ1n) is 5.40. The van der Waals surface area contributed by atoms with Gasteiger partial charge in [-0.05, 0) is 17.7 Å². The molecule has 1 aromatic carbocycles. The van der Waals surface area contributed by atoms with Gasteiger partial charge in [-0.2, -0.15) is 8.78 Å². The van der Waals surface area contributed by atoms with E-state index in [0.717, 1.165) is 4.31 Å². The molecule has 0 aromatic heterocycles. The number of hydrogen-bond acceptors (Lipinski definition) is 4. The van der Waals surface area contributed by atoms with Gasteiger partial charge in [-0.25, -0.2) is 12.7 Å². The predicted octanol–water partition coefficient (Wildman–Crippen LogP) is 1.13. The first kappa shape index (κ1) is 16.3. The van der Waals surface area contributed by atoms with E-state index in [1.807, 2.05) is 0 Å². The third kappa shape index (κ3) is 5.10. The summed E-state index contributed by atoms with van der Waals surface area (Å²) in [5, 5.41) is 8.49. The van der Waals surface area contributed by atoms with Crippen molar-refractivity contribution in [3.05, 3.63) is 29.8 Å². The summed E-state index contributed by atoms with van der Waals surface area (Å²) in [6.07, 6.45) is 0. The van der Waals surface area contributed by atoms with Crippen LogP contribution in [-0.2, 0) is 21.4 Å². The highest BCUT2D eigenvalue weighted by Crippen LogP contribution is 2.16. The lowest BCUT2D eigenvalue weighted by Gasteiger charge is -2.16. The molecule has 9 heteroatoms. The fourth-order valence-corrected chi connectivity index (χ4v) is 2.28. The van der Waals surface area contributed by atoms with Crippen LogP contribution in [0.3, 0.4) is 0 Å². The van der Waals surface area contributed by atoms with E-state index in [-0.39, 0.29) is 12.3 Å². The molecule has 112 valence electrons. The summed E-state index contributed by atoms with van der Waals surface area (Å²) in [4.78, 5) is 10.4. The minimum Gasteiger partial charge on any atom is -0.480 e. The first-order valence-corrected chi connectivity index (χ1v) is 7.01. The van der Waals surface area contributed by atoms with Crippen molar-refractivity contribution in [1.82, 2.24) is 4.31 Å². The molecule has 1 aromatic rings. The van der Waals surface area contributed by atoms with Crippen LogP contribution in [0, 0.1) is 0 Å². The Kier molecular flexibility index (Phi) is 5.40. The van der Waals surface area contributed by atoms with Crippen molar-refractivity contribution in [2.24, 2.45) is 0 Å². The molecule has 0 aliphatic heterocycles. The molecule has 0 aliphatic rings. The average Bonchev–Trinajstić information content (AvgIpc) is 2.29.